The number of rotatable bonds is 8. The molecular formula is C12H21N3O2. The first-order chi connectivity index (χ1) is 8.33. The average molecular weight is 239 g/mol. The van der Waals surface area contributed by atoms with E-state index in [4.69, 9.17) is 9.47 Å². The summed E-state index contributed by atoms with van der Waals surface area (Å²) in [6, 6.07) is 0. The van der Waals surface area contributed by atoms with Gasteiger partial charge in [-0.2, -0.15) is 0 Å². The maximum Gasteiger partial charge on any atom is 0.221 e. The Labute approximate surface area is 103 Å². The number of anilines is 1. The molecule has 0 atom stereocenters. The standard InChI is InChI=1S/C12H21N3O2/c1-4-6-13-11-10(5-2)12(15-9-14-11)17-8-7-16-3/h9H,4-8H2,1-3H3,(H,13,14,15). The third-order valence-electron chi connectivity index (χ3n) is 2.33. The second-order valence-electron chi connectivity index (χ2n) is 3.63. The molecule has 0 fully saturated rings. The van der Waals surface area contributed by atoms with Crippen LogP contribution in [0.2, 0.25) is 0 Å². The molecule has 0 aliphatic heterocycles. The minimum atomic E-state index is 0.508. The summed E-state index contributed by atoms with van der Waals surface area (Å²) in [5.41, 5.74) is 1.03. The average Bonchev–Trinajstić information content (AvgIpc) is 2.36. The zero-order valence-electron chi connectivity index (χ0n) is 10.8. The highest BCUT2D eigenvalue weighted by Gasteiger charge is 2.10. The van der Waals surface area contributed by atoms with Gasteiger partial charge in [-0.05, 0) is 12.8 Å². The van der Waals surface area contributed by atoms with Gasteiger partial charge in [0.05, 0.1) is 12.2 Å². The van der Waals surface area contributed by atoms with Crippen molar-refractivity contribution in [3.63, 3.8) is 0 Å². The van der Waals surface area contributed by atoms with Crippen LogP contribution in [0.15, 0.2) is 6.33 Å². The van der Waals surface area contributed by atoms with Crippen LogP contribution in [-0.2, 0) is 11.2 Å². The SMILES string of the molecule is CCCNc1ncnc(OCCOC)c1CC. The maximum absolute atomic E-state index is 5.57. The van der Waals surface area contributed by atoms with Gasteiger partial charge in [0.1, 0.15) is 18.8 Å². The first-order valence-electron chi connectivity index (χ1n) is 6.02. The molecule has 0 unspecified atom stereocenters. The predicted molar refractivity (Wildman–Crippen MR) is 67.6 cm³/mol. The molecule has 0 amide bonds. The van der Waals surface area contributed by atoms with E-state index in [0.29, 0.717) is 19.1 Å². The van der Waals surface area contributed by atoms with E-state index in [1.54, 1.807) is 7.11 Å². The van der Waals surface area contributed by atoms with Crippen molar-refractivity contribution in [1.29, 1.82) is 0 Å². The van der Waals surface area contributed by atoms with Crippen molar-refractivity contribution < 1.29 is 9.47 Å². The monoisotopic (exact) mass is 239 g/mol. The van der Waals surface area contributed by atoms with Gasteiger partial charge in [-0.1, -0.05) is 13.8 Å². The van der Waals surface area contributed by atoms with E-state index in [9.17, 15) is 0 Å². The van der Waals surface area contributed by atoms with Crippen LogP contribution in [0.1, 0.15) is 25.8 Å². The minimum Gasteiger partial charge on any atom is -0.475 e. The molecule has 1 aromatic rings. The van der Waals surface area contributed by atoms with E-state index in [1.807, 2.05) is 0 Å². The zero-order chi connectivity index (χ0) is 12.5. The van der Waals surface area contributed by atoms with Crippen molar-refractivity contribution in [2.24, 2.45) is 0 Å². The molecule has 0 aliphatic rings. The zero-order valence-corrected chi connectivity index (χ0v) is 10.8. The second kappa shape index (κ2) is 7.84. The molecule has 96 valence electrons. The van der Waals surface area contributed by atoms with Crippen LogP contribution in [-0.4, -0.2) is 36.8 Å². The smallest absolute Gasteiger partial charge is 0.221 e. The molecule has 0 saturated heterocycles. The number of hydrogen-bond acceptors (Lipinski definition) is 5. The number of methoxy groups -OCH3 is 1. The third-order valence-corrected chi connectivity index (χ3v) is 2.33. The van der Waals surface area contributed by atoms with Crippen LogP contribution in [0.25, 0.3) is 0 Å². The number of ether oxygens (including phenoxy) is 2. The predicted octanol–water partition coefficient (Wildman–Crippen LogP) is 1.89. The molecule has 0 aliphatic carbocycles. The van der Waals surface area contributed by atoms with E-state index in [2.05, 4.69) is 29.1 Å². The van der Waals surface area contributed by atoms with Crippen LogP contribution in [0.4, 0.5) is 5.82 Å². The fraction of sp³-hybridized carbons (Fsp3) is 0.667. The van der Waals surface area contributed by atoms with Gasteiger partial charge >= 0.3 is 0 Å². The van der Waals surface area contributed by atoms with Crippen LogP contribution in [0.3, 0.4) is 0 Å². The largest absolute Gasteiger partial charge is 0.475 e. The van der Waals surface area contributed by atoms with E-state index < -0.39 is 0 Å². The molecule has 0 bridgehead atoms. The Balaban J connectivity index is 2.74. The Morgan fingerprint density at radius 3 is 2.71 bits per heavy atom. The van der Waals surface area contributed by atoms with Gasteiger partial charge in [0.2, 0.25) is 5.88 Å². The summed E-state index contributed by atoms with van der Waals surface area (Å²) in [6.07, 6.45) is 3.43. The highest BCUT2D eigenvalue weighted by atomic mass is 16.5. The Morgan fingerprint density at radius 1 is 1.24 bits per heavy atom. The van der Waals surface area contributed by atoms with Crippen LogP contribution in [0, 0.1) is 0 Å². The van der Waals surface area contributed by atoms with E-state index >= 15 is 0 Å². The quantitative estimate of drug-likeness (QED) is 0.702. The molecule has 1 aromatic heterocycles. The summed E-state index contributed by atoms with van der Waals surface area (Å²) in [7, 11) is 1.65. The molecule has 0 spiro atoms. The lowest BCUT2D eigenvalue weighted by molar-refractivity contribution is 0.143. The van der Waals surface area contributed by atoms with Crippen molar-refractivity contribution in [3.05, 3.63) is 11.9 Å². The number of aromatic nitrogens is 2. The topological polar surface area (TPSA) is 56.3 Å². The summed E-state index contributed by atoms with van der Waals surface area (Å²) in [4.78, 5) is 8.40. The van der Waals surface area contributed by atoms with E-state index in [1.165, 1.54) is 6.33 Å². The Hall–Kier alpha value is -1.36. The molecule has 5 heteroatoms. The highest BCUT2D eigenvalue weighted by molar-refractivity contribution is 5.48. The second-order valence-corrected chi connectivity index (χ2v) is 3.63. The molecule has 5 nitrogen and oxygen atoms in total. The van der Waals surface area contributed by atoms with Crippen molar-refractivity contribution in [1.82, 2.24) is 9.97 Å². The fourth-order valence-electron chi connectivity index (χ4n) is 1.46. The van der Waals surface area contributed by atoms with Gasteiger partial charge in [-0.15, -0.1) is 0 Å². The van der Waals surface area contributed by atoms with Gasteiger partial charge in [0, 0.05) is 13.7 Å². The molecule has 0 saturated carbocycles. The van der Waals surface area contributed by atoms with Crippen LogP contribution < -0.4 is 10.1 Å². The molecular weight excluding hydrogens is 218 g/mol. The van der Waals surface area contributed by atoms with Crippen molar-refractivity contribution >= 4 is 5.82 Å². The molecule has 1 rings (SSSR count). The van der Waals surface area contributed by atoms with Crippen LogP contribution >= 0.6 is 0 Å². The van der Waals surface area contributed by atoms with Crippen molar-refractivity contribution in [2.75, 3.05) is 32.2 Å². The first kappa shape index (κ1) is 13.7. The number of nitrogens with zero attached hydrogens (tertiary/aromatic N) is 2. The van der Waals surface area contributed by atoms with Gasteiger partial charge in [0.25, 0.3) is 0 Å². The lowest BCUT2D eigenvalue weighted by Crippen LogP contribution is -2.11. The molecule has 1 heterocycles. The van der Waals surface area contributed by atoms with Crippen LogP contribution in [0.5, 0.6) is 5.88 Å². The summed E-state index contributed by atoms with van der Waals surface area (Å²) in [6.45, 7) is 6.16. The summed E-state index contributed by atoms with van der Waals surface area (Å²) in [5, 5.41) is 3.28. The molecule has 0 aromatic carbocycles. The Kier molecular flexibility index (Phi) is 6.32. The van der Waals surface area contributed by atoms with Gasteiger partial charge in [-0.25, -0.2) is 9.97 Å². The summed E-state index contributed by atoms with van der Waals surface area (Å²) < 4.78 is 10.5. The van der Waals surface area contributed by atoms with E-state index in [-0.39, 0.29) is 0 Å². The lowest BCUT2D eigenvalue weighted by Gasteiger charge is -2.13. The highest BCUT2D eigenvalue weighted by Crippen LogP contribution is 2.22. The van der Waals surface area contributed by atoms with Gasteiger partial charge in [-0.3, -0.25) is 0 Å². The normalized spacial score (nSPS) is 10.3. The Bertz CT molecular complexity index is 332. The minimum absolute atomic E-state index is 0.508. The Morgan fingerprint density at radius 2 is 2.06 bits per heavy atom. The fourth-order valence-corrected chi connectivity index (χ4v) is 1.46. The molecule has 17 heavy (non-hydrogen) atoms. The molecule has 0 radical (unpaired) electrons. The maximum atomic E-state index is 5.57. The van der Waals surface area contributed by atoms with Gasteiger partial charge in [0.15, 0.2) is 0 Å². The number of hydrogen-bond donors (Lipinski definition) is 1. The summed E-state index contributed by atoms with van der Waals surface area (Å²) >= 11 is 0. The first-order valence-corrected chi connectivity index (χ1v) is 6.02. The van der Waals surface area contributed by atoms with Crippen molar-refractivity contribution in [2.45, 2.75) is 26.7 Å². The third kappa shape index (κ3) is 4.19. The molecule has 1 N–H and O–H groups in total. The number of nitrogens with one attached hydrogen (secondary N) is 1. The van der Waals surface area contributed by atoms with Crippen molar-refractivity contribution in [3.8, 4) is 5.88 Å². The van der Waals surface area contributed by atoms with E-state index in [0.717, 1.165) is 30.8 Å². The lowest BCUT2D eigenvalue weighted by atomic mass is 10.2. The van der Waals surface area contributed by atoms with Gasteiger partial charge < -0.3 is 14.8 Å². The summed E-state index contributed by atoms with van der Waals surface area (Å²) in [5.74, 6) is 1.52.